The number of nitrogens with zero attached hydrogens (tertiary/aromatic N) is 2. The summed E-state index contributed by atoms with van der Waals surface area (Å²) in [4.78, 5) is 16.6. The van der Waals surface area contributed by atoms with E-state index in [2.05, 4.69) is 36.2 Å². The zero-order valence-electron chi connectivity index (χ0n) is 16.7. The second-order valence-corrected chi connectivity index (χ2v) is 7.82. The van der Waals surface area contributed by atoms with E-state index in [0.717, 1.165) is 29.5 Å². The first kappa shape index (κ1) is 20.3. The van der Waals surface area contributed by atoms with Gasteiger partial charge in [-0.3, -0.25) is 0 Å². The van der Waals surface area contributed by atoms with E-state index in [9.17, 15) is 4.79 Å². The normalized spacial score (nSPS) is 15.5. The molecule has 0 saturated carbocycles. The first-order chi connectivity index (χ1) is 13.4. The van der Waals surface area contributed by atoms with Crippen LogP contribution in [-0.4, -0.2) is 43.3 Å². The summed E-state index contributed by atoms with van der Waals surface area (Å²) in [6, 6.07) is 15.7. The van der Waals surface area contributed by atoms with Crippen LogP contribution in [0, 0.1) is 0 Å². The van der Waals surface area contributed by atoms with Gasteiger partial charge < -0.3 is 19.9 Å². The van der Waals surface area contributed by atoms with Crippen LogP contribution in [0.2, 0.25) is 5.02 Å². The summed E-state index contributed by atoms with van der Waals surface area (Å²) in [5.41, 5.74) is 2.36. The lowest BCUT2D eigenvalue weighted by atomic mass is 10.0. The van der Waals surface area contributed by atoms with Crippen molar-refractivity contribution in [3.8, 4) is 5.75 Å². The van der Waals surface area contributed by atoms with E-state index < -0.39 is 6.23 Å². The topological polar surface area (TPSA) is 44.8 Å². The number of rotatable bonds is 5. The zero-order chi connectivity index (χ0) is 20.1. The van der Waals surface area contributed by atoms with Gasteiger partial charge >= 0.3 is 6.03 Å². The van der Waals surface area contributed by atoms with E-state index in [0.29, 0.717) is 19.0 Å². The van der Waals surface area contributed by atoms with Crippen molar-refractivity contribution in [2.45, 2.75) is 32.9 Å². The number of carbonyl (C=O) groups excluding carboxylic acids is 1. The van der Waals surface area contributed by atoms with Gasteiger partial charge in [-0.2, -0.15) is 0 Å². The highest BCUT2D eigenvalue weighted by Gasteiger charge is 2.22. The van der Waals surface area contributed by atoms with Crippen LogP contribution in [0.1, 0.15) is 32.3 Å². The van der Waals surface area contributed by atoms with E-state index in [-0.39, 0.29) is 6.03 Å². The Morgan fingerprint density at radius 2 is 1.71 bits per heavy atom. The van der Waals surface area contributed by atoms with Crippen molar-refractivity contribution in [1.29, 1.82) is 0 Å². The van der Waals surface area contributed by atoms with Crippen molar-refractivity contribution in [1.82, 2.24) is 10.2 Å². The van der Waals surface area contributed by atoms with Crippen LogP contribution in [0.25, 0.3) is 0 Å². The van der Waals surface area contributed by atoms with Gasteiger partial charge in [0.25, 0.3) is 0 Å². The van der Waals surface area contributed by atoms with Gasteiger partial charge in [0.15, 0.2) is 6.23 Å². The minimum Gasteiger partial charge on any atom is -0.471 e. The molecule has 1 fully saturated rings. The van der Waals surface area contributed by atoms with E-state index in [1.807, 2.05) is 48.2 Å². The Hall–Kier alpha value is -2.40. The third kappa shape index (κ3) is 5.32. The van der Waals surface area contributed by atoms with Gasteiger partial charge in [-0.15, -0.1) is 0 Å². The minimum absolute atomic E-state index is 0.1000. The number of anilines is 1. The van der Waals surface area contributed by atoms with Crippen LogP contribution in [-0.2, 0) is 0 Å². The quantitative estimate of drug-likeness (QED) is 0.737. The molecule has 150 valence electrons. The molecule has 0 aliphatic carbocycles. The fraction of sp³-hybridized carbons (Fsp3) is 0.409. The van der Waals surface area contributed by atoms with Gasteiger partial charge in [0.2, 0.25) is 0 Å². The van der Waals surface area contributed by atoms with Crippen molar-refractivity contribution in [3.63, 3.8) is 0 Å². The maximum absolute atomic E-state index is 12.5. The number of nitrogens with one attached hydrogen (secondary N) is 1. The lowest BCUT2D eigenvalue weighted by molar-refractivity contribution is 0.151. The van der Waals surface area contributed by atoms with Crippen molar-refractivity contribution in [2.24, 2.45) is 0 Å². The van der Waals surface area contributed by atoms with Crippen LogP contribution in [0.4, 0.5) is 10.5 Å². The summed E-state index contributed by atoms with van der Waals surface area (Å²) < 4.78 is 5.83. The van der Waals surface area contributed by atoms with E-state index in [4.69, 9.17) is 16.3 Å². The van der Waals surface area contributed by atoms with Gasteiger partial charge in [0, 0.05) is 36.9 Å². The molecule has 5 nitrogen and oxygen atoms in total. The number of piperazine rings is 1. The third-order valence-electron chi connectivity index (χ3n) is 4.93. The molecule has 1 unspecified atom stereocenters. The molecule has 1 atom stereocenters. The van der Waals surface area contributed by atoms with Crippen molar-refractivity contribution in [2.75, 3.05) is 31.1 Å². The molecule has 1 aliphatic rings. The predicted molar refractivity (Wildman–Crippen MR) is 114 cm³/mol. The van der Waals surface area contributed by atoms with Crippen LogP contribution in [0.15, 0.2) is 48.5 Å². The van der Waals surface area contributed by atoms with Crippen LogP contribution in [0.3, 0.4) is 0 Å². The molecule has 1 heterocycles. The van der Waals surface area contributed by atoms with E-state index in [1.165, 1.54) is 5.56 Å². The number of hydrogen-bond acceptors (Lipinski definition) is 3. The molecule has 6 heteroatoms. The van der Waals surface area contributed by atoms with Crippen molar-refractivity contribution >= 4 is 23.3 Å². The second-order valence-electron chi connectivity index (χ2n) is 7.39. The maximum Gasteiger partial charge on any atom is 0.320 e. The Bertz CT molecular complexity index is 787. The molecule has 3 rings (SSSR count). The second kappa shape index (κ2) is 9.20. The number of urea groups is 1. The molecular formula is C22H28ClN3O2. The summed E-state index contributed by atoms with van der Waals surface area (Å²) in [5, 5.41) is 3.65. The summed E-state index contributed by atoms with van der Waals surface area (Å²) >= 11 is 6.08. The SMILES string of the molecule is CC(NC(=O)N1CCN(c2cccc(Cl)c2)CC1)Oc1ccc(C(C)C)cc1. The van der Waals surface area contributed by atoms with E-state index >= 15 is 0 Å². The average molecular weight is 402 g/mol. The molecule has 2 amide bonds. The fourth-order valence-corrected chi connectivity index (χ4v) is 3.46. The molecule has 1 saturated heterocycles. The number of benzene rings is 2. The number of halogens is 1. The monoisotopic (exact) mass is 401 g/mol. The molecule has 2 aromatic carbocycles. The third-order valence-corrected chi connectivity index (χ3v) is 5.16. The summed E-state index contributed by atoms with van der Waals surface area (Å²) in [7, 11) is 0. The number of hydrogen-bond donors (Lipinski definition) is 1. The molecule has 1 N–H and O–H groups in total. The highest BCUT2D eigenvalue weighted by Crippen LogP contribution is 2.21. The van der Waals surface area contributed by atoms with Crippen molar-refractivity contribution < 1.29 is 9.53 Å². The molecule has 0 bridgehead atoms. The summed E-state index contributed by atoms with van der Waals surface area (Å²) in [5.74, 6) is 1.24. The van der Waals surface area contributed by atoms with Crippen LogP contribution in [0.5, 0.6) is 5.75 Å². The first-order valence-corrected chi connectivity index (χ1v) is 10.1. The molecule has 2 aromatic rings. The van der Waals surface area contributed by atoms with Gasteiger partial charge in [-0.05, 0) is 48.7 Å². The lowest BCUT2D eigenvalue weighted by Crippen LogP contribution is -2.53. The fourth-order valence-electron chi connectivity index (χ4n) is 3.27. The van der Waals surface area contributed by atoms with Gasteiger partial charge in [-0.25, -0.2) is 4.79 Å². The summed E-state index contributed by atoms with van der Waals surface area (Å²) in [6.07, 6.45) is -0.400. The molecule has 0 aromatic heterocycles. The highest BCUT2D eigenvalue weighted by molar-refractivity contribution is 6.30. The van der Waals surface area contributed by atoms with Gasteiger partial charge in [0.1, 0.15) is 5.75 Å². The average Bonchev–Trinajstić information content (AvgIpc) is 2.68. The number of ether oxygens (including phenoxy) is 1. The first-order valence-electron chi connectivity index (χ1n) is 9.75. The molecular weight excluding hydrogens is 374 g/mol. The van der Waals surface area contributed by atoms with Crippen molar-refractivity contribution in [3.05, 3.63) is 59.1 Å². The number of amides is 2. The highest BCUT2D eigenvalue weighted by atomic mass is 35.5. The molecule has 1 aliphatic heterocycles. The Morgan fingerprint density at radius 1 is 1.04 bits per heavy atom. The molecule has 0 spiro atoms. The standard InChI is InChI=1S/C22H28ClN3O2/c1-16(2)18-7-9-21(10-8-18)28-17(3)24-22(27)26-13-11-25(12-14-26)20-6-4-5-19(23)15-20/h4-10,15-17H,11-14H2,1-3H3,(H,24,27). The minimum atomic E-state index is -0.400. The van der Waals surface area contributed by atoms with E-state index in [1.54, 1.807) is 0 Å². The van der Waals surface area contributed by atoms with Gasteiger partial charge in [-0.1, -0.05) is 43.6 Å². The molecule has 0 radical (unpaired) electrons. The smallest absolute Gasteiger partial charge is 0.320 e. The Kier molecular flexibility index (Phi) is 6.68. The van der Waals surface area contributed by atoms with Gasteiger partial charge in [0.05, 0.1) is 0 Å². The van der Waals surface area contributed by atoms with Crippen LogP contribution < -0.4 is 15.0 Å². The Balaban J connectivity index is 1.47. The Morgan fingerprint density at radius 3 is 2.32 bits per heavy atom. The Labute approximate surface area is 172 Å². The zero-order valence-corrected chi connectivity index (χ0v) is 17.4. The lowest BCUT2D eigenvalue weighted by Gasteiger charge is -2.36. The molecule has 28 heavy (non-hydrogen) atoms. The largest absolute Gasteiger partial charge is 0.471 e. The predicted octanol–water partition coefficient (Wildman–Crippen LogP) is 4.72. The number of carbonyl (C=O) groups is 1. The van der Waals surface area contributed by atoms with Crippen LogP contribution >= 0.6 is 11.6 Å². The maximum atomic E-state index is 12.5. The summed E-state index contributed by atoms with van der Waals surface area (Å²) in [6.45, 7) is 9.04.